The highest BCUT2D eigenvalue weighted by Crippen LogP contribution is 2.09. The zero-order valence-electron chi connectivity index (χ0n) is 9.99. The predicted molar refractivity (Wildman–Crippen MR) is 63.2 cm³/mol. The first-order chi connectivity index (χ1) is 9.15. The molecule has 1 aromatic heterocycles. The molecule has 0 fully saturated rings. The van der Waals surface area contributed by atoms with Crippen LogP contribution < -0.4 is 5.32 Å². The molecule has 0 atom stereocenters. The predicted octanol–water partition coefficient (Wildman–Crippen LogP) is 0.984. The van der Waals surface area contributed by atoms with Crippen molar-refractivity contribution in [1.82, 2.24) is 20.5 Å². The van der Waals surface area contributed by atoms with E-state index >= 15 is 0 Å². The molecule has 0 aliphatic carbocycles. The van der Waals surface area contributed by atoms with Crippen LogP contribution in [0.5, 0.6) is 0 Å². The number of halogens is 2. The maximum atomic E-state index is 13.3. The first-order valence-electron chi connectivity index (χ1n) is 5.70. The van der Waals surface area contributed by atoms with Crippen LogP contribution >= 0.6 is 0 Å². The van der Waals surface area contributed by atoms with Crippen molar-refractivity contribution in [3.8, 4) is 0 Å². The van der Waals surface area contributed by atoms with Crippen molar-refractivity contribution in [3.63, 3.8) is 0 Å². The number of hydrogen-bond donors (Lipinski definition) is 2. The molecule has 2 N–H and O–H groups in total. The molecule has 0 aliphatic rings. The van der Waals surface area contributed by atoms with E-state index < -0.39 is 11.6 Å². The minimum atomic E-state index is -0.717. The van der Waals surface area contributed by atoms with Crippen LogP contribution in [0, 0.1) is 11.6 Å². The molecule has 2 aromatic rings. The zero-order valence-corrected chi connectivity index (χ0v) is 9.99. The minimum Gasteiger partial charge on any atom is -0.355 e. The molecule has 0 saturated heterocycles. The van der Waals surface area contributed by atoms with E-state index in [-0.39, 0.29) is 17.9 Å². The summed E-state index contributed by atoms with van der Waals surface area (Å²) in [7, 11) is 0. The largest absolute Gasteiger partial charge is 0.355 e. The lowest BCUT2D eigenvalue weighted by Gasteiger charge is -2.05. The lowest BCUT2D eigenvalue weighted by Crippen LogP contribution is -2.27. The molecule has 0 radical (unpaired) electrons. The maximum absolute atomic E-state index is 13.3. The number of benzene rings is 1. The highest BCUT2D eigenvalue weighted by atomic mass is 19.1. The number of H-pyrrole nitrogens is 1. The number of nitrogens with zero attached hydrogens (tertiary/aromatic N) is 2. The van der Waals surface area contributed by atoms with E-state index in [4.69, 9.17) is 0 Å². The quantitative estimate of drug-likeness (QED) is 0.847. The fourth-order valence-electron chi connectivity index (χ4n) is 1.57. The second-order valence-electron chi connectivity index (χ2n) is 3.94. The van der Waals surface area contributed by atoms with Gasteiger partial charge in [0.25, 0.3) is 0 Å². The summed E-state index contributed by atoms with van der Waals surface area (Å²) in [5.74, 6) is -1.05. The Kier molecular flexibility index (Phi) is 4.17. The van der Waals surface area contributed by atoms with E-state index in [1.165, 1.54) is 12.4 Å². The molecule has 0 bridgehead atoms. The SMILES string of the molecule is O=C(Cc1ccc(F)cc1F)NCCc1ncn[nH]1. The molecular formula is C12H12F2N4O. The first kappa shape index (κ1) is 13.1. The smallest absolute Gasteiger partial charge is 0.224 e. The molecule has 1 amide bonds. The fraction of sp³-hybridized carbons (Fsp3) is 0.250. The average molecular weight is 266 g/mol. The number of hydrogen-bond acceptors (Lipinski definition) is 3. The topological polar surface area (TPSA) is 70.7 Å². The Bertz CT molecular complexity index is 557. The number of nitrogens with one attached hydrogen (secondary N) is 2. The van der Waals surface area contributed by atoms with E-state index in [9.17, 15) is 13.6 Å². The third-order valence-corrected chi connectivity index (χ3v) is 2.52. The summed E-state index contributed by atoms with van der Waals surface area (Å²) in [5.41, 5.74) is 0.165. The van der Waals surface area contributed by atoms with Crippen LogP contribution in [0.2, 0.25) is 0 Å². The van der Waals surface area contributed by atoms with Crippen molar-refractivity contribution >= 4 is 5.91 Å². The molecule has 5 nitrogen and oxygen atoms in total. The summed E-state index contributed by atoms with van der Waals surface area (Å²) in [6.45, 7) is 0.372. The van der Waals surface area contributed by atoms with E-state index in [2.05, 4.69) is 20.5 Å². The second kappa shape index (κ2) is 6.03. The molecule has 0 unspecified atom stereocenters. The number of rotatable bonds is 5. The molecular weight excluding hydrogens is 254 g/mol. The molecule has 100 valence electrons. The van der Waals surface area contributed by atoms with Gasteiger partial charge in [0, 0.05) is 19.0 Å². The standard InChI is InChI=1S/C12H12F2N4O/c13-9-2-1-8(10(14)6-9)5-12(19)15-4-3-11-16-7-17-18-11/h1-2,6-7H,3-5H2,(H,15,19)(H,16,17,18). The van der Waals surface area contributed by atoms with Gasteiger partial charge in [-0.3, -0.25) is 9.89 Å². The number of aromatic amines is 1. The van der Waals surface area contributed by atoms with Crippen molar-refractivity contribution < 1.29 is 13.6 Å². The van der Waals surface area contributed by atoms with E-state index in [1.807, 2.05) is 0 Å². The van der Waals surface area contributed by atoms with Crippen LogP contribution in [0.15, 0.2) is 24.5 Å². The zero-order chi connectivity index (χ0) is 13.7. The molecule has 0 saturated carbocycles. The lowest BCUT2D eigenvalue weighted by atomic mass is 10.1. The van der Waals surface area contributed by atoms with Gasteiger partial charge in [-0.15, -0.1) is 0 Å². The lowest BCUT2D eigenvalue weighted by molar-refractivity contribution is -0.120. The van der Waals surface area contributed by atoms with E-state index in [0.29, 0.717) is 18.8 Å². The third-order valence-electron chi connectivity index (χ3n) is 2.52. The normalized spacial score (nSPS) is 10.4. The van der Waals surface area contributed by atoms with Crippen molar-refractivity contribution in [2.24, 2.45) is 0 Å². The van der Waals surface area contributed by atoms with Crippen LogP contribution in [0.4, 0.5) is 8.78 Å². The second-order valence-corrected chi connectivity index (χ2v) is 3.94. The molecule has 1 aromatic carbocycles. The monoisotopic (exact) mass is 266 g/mol. The van der Waals surface area contributed by atoms with Crippen molar-refractivity contribution in [2.45, 2.75) is 12.8 Å². The fourth-order valence-corrected chi connectivity index (χ4v) is 1.57. The van der Waals surface area contributed by atoms with Crippen LogP contribution in [-0.2, 0) is 17.6 Å². The molecule has 0 aliphatic heterocycles. The molecule has 0 spiro atoms. The van der Waals surface area contributed by atoms with Gasteiger partial charge < -0.3 is 5.32 Å². The molecule has 1 heterocycles. The Morgan fingerprint density at radius 2 is 2.21 bits per heavy atom. The average Bonchev–Trinajstić information content (AvgIpc) is 2.86. The van der Waals surface area contributed by atoms with Crippen molar-refractivity contribution in [1.29, 1.82) is 0 Å². The van der Waals surface area contributed by atoms with Gasteiger partial charge in [0.05, 0.1) is 6.42 Å². The van der Waals surface area contributed by atoms with Gasteiger partial charge in [-0.2, -0.15) is 5.10 Å². The number of aromatic nitrogens is 3. The highest BCUT2D eigenvalue weighted by Gasteiger charge is 2.09. The third kappa shape index (κ3) is 3.84. The van der Waals surface area contributed by atoms with Crippen molar-refractivity contribution in [2.75, 3.05) is 6.54 Å². The van der Waals surface area contributed by atoms with Gasteiger partial charge in [-0.1, -0.05) is 6.07 Å². The summed E-state index contributed by atoms with van der Waals surface area (Å²) in [6.07, 6.45) is 1.77. The van der Waals surface area contributed by atoms with Gasteiger partial charge >= 0.3 is 0 Å². The van der Waals surface area contributed by atoms with Crippen LogP contribution in [0.25, 0.3) is 0 Å². The number of carbonyl (C=O) groups excluding carboxylic acids is 1. The summed E-state index contributed by atoms with van der Waals surface area (Å²) < 4.78 is 26.0. The summed E-state index contributed by atoms with van der Waals surface area (Å²) in [5, 5.41) is 8.96. The molecule has 2 rings (SSSR count). The summed E-state index contributed by atoms with van der Waals surface area (Å²) in [4.78, 5) is 15.5. The Morgan fingerprint density at radius 3 is 2.89 bits per heavy atom. The number of carbonyl (C=O) groups is 1. The Labute approximate surface area is 108 Å². The Hall–Kier alpha value is -2.31. The first-order valence-corrected chi connectivity index (χ1v) is 5.70. The molecule has 19 heavy (non-hydrogen) atoms. The van der Waals surface area contributed by atoms with Crippen LogP contribution in [0.1, 0.15) is 11.4 Å². The Balaban J connectivity index is 1.80. The van der Waals surface area contributed by atoms with Gasteiger partial charge in [-0.25, -0.2) is 13.8 Å². The Morgan fingerprint density at radius 1 is 1.37 bits per heavy atom. The maximum Gasteiger partial charge on any atom is 0.224 e. The molecule has 7 heteroatoms. The number of amides is 1. The van der Waals surface area contributed by atoms with Crippen LogP contribution in [-0.4, -0.2) is 27.6 Å². The van der Waals surface area contributed by atoms with Crippen LogP contribution in [0.3, 0.4) is 0 Å². The van der Waals surface area contributed by atoms with E-state index in [0.717, 1.165) is 12.1 Å². The minimum absolute atomic E-state index is 0.123. The van der Waals surface area contributed by atoms with Gasteiger partial charge in [0.15, 0.2) is 0 Å². The van der Waals surface area contributed by atoms with Gasteiger partial charge in [-0.05, 0) is 11.6 Å². The highest BCUT2D eigenvalue weighted by molar-refractivity contribution is 5.78. The van der Waals surface area contributed by atoms with Crippen molar-refractivity contribution in [3.05, 3.63) is 47.5 Å². The summed E-state index contributed by atoms with van der Waals surface area (Å²) in [6, 6.07) is 3.15. The summed E-state index contributed by atoms with van der Waals surface area (Å²) >= 11 is 0. The van der Waals surface area contributed by atoms with Gasteiger partial charge in [0.2, 0.25) is 5.91 Å². The van der Waals surface area contributed by atoms with E-state index in [1.54, 1.807) is 0 Å². The van der Waals surface area contributed by atoms with Gasteiger partial charge in [0.1, 0.15) is 23.8 Å².